The molecule has 0 saturated heterocycles. The summed E-state index contributed by atoms with van der Waals surface area (Å²) in [6, 6.07) is 8.98. The summed E-state index contributed by atoms with van der Waals surface area (Å²) in [6.07, 6.45) is -4.84. The number of alkyl halides is 3. The highest BCUT2D eigenvalue weighted by atomic mass is 19.4. The molecular weight excluding hydrogens is 318 g/mol. The van der Waals surface area contributed by atoms with E-state index in [2.05, 4.69) is 10.3 Å². The van der Waals surface area contributed by atoms with Gasteiger partial charge in [-0.25, -0.2) is 9.36 Å². The van der Waals surface area contributed by atoms with Crippen molar-refractivity contribution in [1.82, 2.24) is 9.55 Å². The number of nitrogens with zero attached hydrogens (tertiary/aromatic N) is 2. The van der Waals surface area contributed by atoms with Crippen molar-refractivity contribution in [2.45, 2.75) is 6.18 Å². The SMILES string of the molecule is O=C(Nc1ccn(/C(F)=C/C(F)(F)F)c(=O)n1)c1ccccc1. The summed E-state index contributed by atoms with van der Waals surface area (Å²) in [5.41, 5.74) is -1.00. The molecule has 1 heterocycles. The van der Waals surface area contributed by atoms with E-state index in [1.54, 1.807) is 18.2 Å². The topological polar surface area (TPSA) is 64.0 Å². The standard InChI is InChI=1S/C14H9F4N3O2/c15-10(8-14(16,17)18)21-7-6-11(20-13(21)23)19-12(22)9-4-2-1-3-5-9/h1-8H,(H,19,20,22,23)/b10-8+. The van der Waals surface area contributed by atoms with Crippen LogP contribution >= 0.6 is 0 Å². The zero-order chi connectivity index (χ0) is 17.0. The van der Waals surface area contributed by atoms with Crippen LogP contribution in [-0.2, 0) is 0 Å². The number of aromatic nitrogens is 2. The smallest absolute Gasteiger partial charge is 0.306 e. The van der Waals surface area contributed by atoms with Gasteiger partial charge in [-0.05, 0) is 18.2 Å². The Labute approximate surface area is 126 Å². The van der Waals surface area contributed by atoms with Gasteiger partial charge in [-0.15, -0.1) is 0 Å². The first-order chi connectivity index (χ1) is 10.8. The number of amides is 1. The predicted molar refractivity (Wildman–Crippen MR) is 74.3 cm³/mol. The van der Waals surface area contributed by atoms with E-state index < -0.39 is 29.8 Å². The van der Waals surface area contributed by atoms with Crippen LogP contribution in [0.15, 0.2) is 53.5 Å². The second kappa shape index (κ2) is 6.42. The second-order valence-electron chi connectivity index (χ2n) is 4.29. The Balaban J connectivity index is 2.22. The van der Waals surface area contributed by atoms with Crippen molar-refractivity contribution < 1.29 is 22.4 Å². The first kappa shape index (κ1) is 16.4. The average Bonchev–Trinajstić information content (AvgIpc) is 2.46. The molecule has 0 spiro atoms. The van der Waals surface area contributed by atoms with Crippen molar-refractivity contribution >= 4 is 17.7 Å². The highest BCUT2D eigenvalue weighted by Crippen LogP contribution is 2.20. The molecule has 1 aromatic heterocycles. The number of halogens is 4. The normalized spacial score (nSPS) is 12.1. The number of nitrogens with one attached hydrogen (secondary N) is 1. The van der Waals surface area contributed by atoms with Gasteiger partial charge in [0.05, 0.1) is 6.08 Å². The van der Waals surface area contributed by atoms with Crippen molar-refractivity contribution in [3.05, 3.63) is 64.7 Å². The third-order valence-electron chi connectivity index (χ3n) is 2.59. The molecule has 0 unspecified atom stereocenters. The fourth-order valence-corrected chi connectivity index (χ4v) is 1.62. The molecule has 0 radical (unpaired) electrons. The number of carbonyl (C=O) groups is 1. The minimum absolute atomic E-state index is 0.0751. The molecule has 1 N–H and O–H groups in total. The average molecular weight is 327 g/mol. The van der Waals surface area contributed by atoms with Crippen LogP contribution < -0.4 is 11.0 Å². The van der Waals surface area contributed by atoms with E-state index in [0.29, 0.717) is 5.56 Å². The Hall–Kier alpha value is -2.97. The van der Waals surface area contributed by atoms with Crippen molar-refractivity contribution in [1.29, 1.82) is 0 Å². The highest BCUT2D eigenvalue weighted by molar-refractivity contribution is 6.03. The van der Waals surface area contributed by atoms with Crippen LogP contribution in [0.2, 0.25) is 0 Å². The minimum atomic E-state index is -4.91. The van der Waals surface area contributed by atoms with Gasteiger partial charge < -0.3 is 5.32 Å². The molecule has 0 aliphatic rings. The first-order valence-electron chi connectivity index (χ1n) is 6.18. The minimum Gasteiger partial charge on any atom is -0.306 e. The van der Waals surface area contributed by atoms with Crippen LogP contribution in [0.1, 0.15) is 10.4 Å². The van der Waals surface area contributed by atoms with Gasteiger partial charge in [0.2, 0.25) is 5.95 Å². The summed E-state index contributed by atoms with van der Waals surface area (Å²) in [7, 11) is 0. The summed E-state index contributed by atoms with van der Waals surface area (Å²) in [5.74, 6) is -2.60. The van der Waals surface area contributed by atoms with Gasteiger partial charge in [0.25, 0.3) is 5.91 Å². The molecule has 0 aliphatic carbocycles. The first-order valence-corrected chi connectivity index (χ1v) is 6.18. The molecule has 0 bridgehead atoms. The van der Waals surface area contributed by atoms with Gasteiger partial charge in [-0.2, -0.15) is 22.5 Å². The van der Waals surface area contributed by atoms with Crippen LogP contribution in [0.4, 0.5) is 23.4 Å². The van der Waals surface area contributed by atoms with Gasteiger partial charge >= 0.3 is 11.9 Å². The van der Waals surface area contributed by atoms with Gasteiger partial charge in [-0.3, -0.25) is 4.79 Å². The maximum Gasteiger partial charge on any atom is 0.414 e. The molecule has 120 valence electrons. The Morgan fingerprint density at radius 2 is 1.83 bits per heavy atom. The zero-order valence-corrected chi connectivity index (χ0v) is 11.3. The fourth-order valence-electron chi connectivity index (χ4n) is 1.62. The molecule has 1 aromatic carbocycles. The molecule has 5 nitrogen and oxygen atoms in total. The van der Waals surface area contributed by atoms with Crippen LogP contribution in [0.5, 0.6) is 0 Å². The number of allylic oxidation sites excluding steroid dienone is 1. The second-order valence-corrected chi connectivity index (χ2v) is 4.29. The largest absolute Gasteiger partial charge is 0.414 e. The Morgan fingerprint density at radius 3 is 2.39 bits per heavy atom. The van der Waals surface area contributed by atoms with Crippen LogP contribution in [0.25, 0.3) is 5.95 Å². The molecule has 9 heteroatoms. The molecule has 1 amide bonds. The van der Waals surface area contributed by atoms with E-state index in [0.717, 1.165) is 12.3 Å². The van der Waals surface area contributed by atoms with E-state index in [1.165, 1.54) is 12.1 Å². The van der Waals surface area contributed by atoms with Gasteiger partial charge in [0.1, 0.15) is 5.82 Å². The maximum atomic E-state index is 13.3. The summed E-state index contributed by atoms with van der Waals surface area (Å²) < 4.78 is 49.6. The van der Waals surface area contributed by atoms with Crippen LogP contribution in [-0.4, -0.2) is 21.6 Å². The number of hydrogen-bond acceptors (Lipinski definition) is 3. The Morgan fingerprint density at radius 1 is 1.17 bits per heavy atom. The number of rotatable bonds is 3. The van der Waals surface area contributed by atoms with Crippen molar-refractivity contribution in [3.63, 3.8) is 0 Å². The molecule has 2 rings (SSSR count). The number of hydrogen-bond donors (Lipinski definition) is 1. The van der Waals surface area contributed by atoms with Crippen molar-refractivity contribution in [2.75, 3.05) is 5.32 Å². The third-order valence-corrected chi connectivity index (χ3v) is 2.59. The monoisotopic (exact) mass is 327 g/mol. The number of anilines is 1. The molecule has 2 aromatic rings. The van der Waals surface area contributed by atoms with Crippen LogP contribution in [0, 0.1) is 0 Å². The lowest BCUT2D eigenvalue weighted by atomic mass is 10.2. The molecule has 0 saturated carbocycles. The number of benzene rings is 1. The summed E-state index contributed by atoms with van der Waals surface area (Å²) in [4.78, 5) is 26.7. The molecule has 0 atom stereocenters. The van der Waals surface area contributed by atoms with E-state index >= 15 is 0 Å². The van der Waals surface area contributed by atoms with E-state index in [9.17, 15) is 27.2 Å². The van der Waals surface area contributed by atoms with E-state index in [1.807, 2.05) is 0 Å². The van der Waals surface area contributed by atoms with Crippen molar-refractivity contribution in [3.8, 4) is 0 Å². The van der Waals surface area contributed by atoms with Crippen LogP contribution in [0.3, 0.4) is 0 Å². The quantitative estimate of drug-likeness (QED) is 0.882. The Bertz CT molecular complexity index is 798. The zero-order valence-electron chi connectivity index (χ0n) is 11.3. The molecule has 0 fully saturated rings. The van der Waals surface area contributed by atoms with Gasteiger partial charge in [-0.1, -0.05) is 18.2 Å². The maximum absolute atomic E-state index is 13.3. The molecule has 23 heavy (non-hydrogen) atoms. The predicted octanol–water partition coefficient (Wildman–Crippen LogP) is 2.83. The van der Waals surface area contributed by atoms with Crippen molar-refractivity contribution in [2.24, 2.45) is 0 Å². The van der Waals surface area contributed by atoms with E-state index in [-0.39, 0.29) is 10.4 Å². The third kappa shape index (κ3) is 4.50. The molecular formula is C14H9F4N3O2. The van der Waals surface area contributed by atoms with Gasteiger partial charge in [0, 0.05) is 11.8 Å². The lowest BCUT2D eigenvalue weighted by Gasteiger charge is -2.06. The lowest BCUT2D eigenvalue weighted by molar-refractivity contribution is -0.0801. The number of carbonyl (C=O) groups excluding carboxylic acids is 1. The molecule has 0 aliphatic heterocycles. The lowest BCUT2D eigenvalue weighted by Crippen LogP contribution is -2.24. The Kier molecular flexibility index (Phi) is 4.58. The van der Waals surface area contributed by atoms with E-state index in [4.69, 9.17) is 0 Å². The summed E-state index contributed by atoms with van der Waals surface area (Å²) in [5, 5.41) is 2.29. The fraction of sp³-hybridized carbons (Fsp3) is 0.0714. The van der Waals surface area contributed by atoms with Gasteiger partial charge in [0.15, 0.2) is 0 Å². The summed E-state index contributed by atoms with van der Waals surface area (Å²) in [6.45, 7) is 0. The highest BCUT2D eigenvalue weighted by Gasteiger charge is 2.26. The summed E-state index contributed by atoms with van der Waals surface area (Å²) >= 11 is 0.